The highest BCUT2D eigenvalue weighted by atomic mass is 32.2. The van der Waals surface area contributed by atoms with Crippen LogP contribution in [-0.4, -0.2) is 43.5 Å². The summed E-state index contributed by atoms with van der Waals surface area (Å²) in [5, 5.41) is 24.3. The molecule has 0 bridgehead atoms. The number of pyridine rings is 1. The van der Waals surface area contributed by atoms with E-state index in [1.165, 1.54) is 11.8 Å². The normalized spacial score (nSPS) is 11.6. The van der Waals surface area contributed by atoms with Gasteiger partial charge >= 0.3 is 0 Å². The molecular weight excluding hydrogens is 518 g/mol. The average Bonchev–Trinajstić information content (AvgIpc) is 3.45. The maximum atomic E-state index is 9.73. The molecule has 0 amide bonds. The largest absolute Gasteiger partial charge is 0.497 e. The molecule has 40 heavy (non-hydrogen) atoms. The minimum absolute atomic E-state index is 0.416. The van der Waals surface area contributed by atoms with Crippen molar-refractivity contribution < 1.29 is 9.94 Å². The van der Waals surface area contributed by atoms with Crippen molar-refractivity contribution in [1.29, 1.82) is 0 Å². The quantitative estimate of drug-likeness (QED) is 0.0951. The molecule has 4 aromatic carbocycles. The van der Waals surface area contributed by atoms with Crippen molar-refractivity contribution in [2.75, 3.05) is 12.9 Å². The zero-order valence-electron chi connectivity index (χ0n) is 21.7. The number of nitrogens with zero attached hydrogens (tertiary/aromatic N) is 5. The molecule has 0 saturated heterocycles. The van der Waals surface area contributed by atoms with Crippen molar-refractivity contribution in [2.45, 2.75) is 5.16 Å². The molecule has 0 aliphatic heterocycles. The molecule has 6 aromatic rings. The van der Waals surface area contributed by atoms with Gasteiger partial charge in [0.2, 0.25) is 0 Å². The van der Waals surface area contributed by atoms with Gasteiger partial charge in [0.25, 0.3) is 0 Å². The molecule has 1 N–H and O–H groups in total. The zero-order chi connectivity index (χ0) is 27.3. The van der Waals surface area contributed by atoms with Gasteiger partial charge in [-0.1, -0.05) is 83.6 Å². The van der Waals surface area contributed by atoms with E-state index in [4.69, 9.17) is 14.8 Å². The number of fused-ring (bicyclic) bond motifs is 1. The second kappa shape index (κ2) is 11.4. The van der Waals surface area contributed by atoms with Crippen molar-refractivity contribution in [3.63, 3.8) is 0 Å². The van der Waals surface area contributed by atoms with Crippen LogP contribution in [0.25, 0.3) is 39.2 Å². The molecular formula is C32H25N5O2S. The fraction of sp³-hybridized carbons (Fsp3) is 0.0625. The van der Waals surface area contributed by atoms with E-state index in [0.29, 0.717) is 22.4 Å². The van der Waals surface area contributed by atoms with Crippen LogP contribution >= 0.6 is 11.8 Å². The van der Waals surface area contributed by atoms with Crippen LogP contribution in [0.1, 0.15) is 5.56 Å². The van der Waals surface area contributed by atoms with E-state index in [-0.39, 0.29) is 0 Å². The van der Waals surface area contributed by atoms with Crippen molar-refractivity contribution >= 4 is 28.4 Å². The Morgan fingerprint density at radius 3 is 2.27 bits per heavy atom. The van der Waals surface area contributed by atoms with Gasteiger partial charge in [-0.05, 0) is 48.5 Å². The van der Waals surface area contributed by atoms with Gasteiger partial charge in [0.15, 0.2) is 11.0 Å². The topological polar surface area (TPSA) is 85.4 Å². The van der Waals surface area contributed by atoms with E-state index in [9.17, 15) is 5.21 Å². The number of methoxy groups -OCH3 is 1. The highest BCUT2D eigenvalue weighted by Crippen LogP contribution is 2.35. The summed E-state index contributed by atoms with van der Waals surface area (Å²) in [6, 6.07) is 37.6. The van der Waals surface area contributed by atoms with Crippen LogP contribution in [0.2, 0.25) is 0 Å². The van der Waals surface area contributed by atoms with Gasteiger partial charge in [-0.25, -0.2) is 4.98 Å². The van der Waals surface area contributed by atoms with Crippen LogP contribution in [-0.2, 0) is 0 Å². The van der Waals surface area contributed by atoms with Gasteiger partial charge in [-0.15, -0.1) is 10.2 Å². The number of ether oxygens (including phenoxy) is 1. The maximum absolute atomic E-state index is 9.73. The van der Waals surface area contributed by atoms with Crippen molar-refractivity contribution in [2.24, 2.45) is 5.16 Å². The van der Waals surface area contributed by atoms with E-state index >= 15 is 0 Å². The molecule has 0 atom stereocenters. The third kappa shape index (κ3) is 5.04. The standard InChI is InChI=1S/C32H25N5O2S/c1-39-25-18-16-23(17-19-25)29-20-27(26-14-8-9-15-28(26)33-29)31-34-35-32(37(31)24-12-6-3-7-13-24)40-21-30(36-38)22-10-4-2-5-11-22/h2-20,38H,21H2,1H3/b36-30+. The molecule has 0 saturated carbocycles. The number of hydrogen-bond acceptors (Lipinski definition) is 7. The third-order valence-corrected chi connectivity index (χ3v) is 7.50. The fourth-order valence-electron chi connectivity index (χ4n) is 4.55. The lowest BCUT2D eigenvalue weighted by Crippen LogP contribution is -2.06. The molecule has 7 nitrogen and oxygen atoms in total. The Labute approximate surface area is 235 Å². The van der Waals surface area contributed by atoms with Gasteiger partial charge in [-0.2, -0.15) is 0 Å². The fourth-order valence-corrected chi connectivity index (χ4v) is 5.46. The van der Waals surface area contributed by atoms with Gasteiger partial charge in [0, 0.05) is 33.5 Å². The predicted molar refractivity (Wildman–Crippen MR) is 160 cm³/mol. The lowest BCUT2D eigenvalue weighted by Gasteiger charge is -2.13. The molecule has 2 heterocycles. The summed E-state index contributed by atoms with van der Waals surface area (Å²) in [6.07, 6.45) is 0. The molecule has 0 spiro atoms. The Balaban J connectivity index is 1.48. The molecule has 8 heteroatoms. The van der Waals surface area contributed by atoms with Crippen molar-refractivity contribution in [3.05, 3.63) is 121 Å². The number of oxime groups is 1. The lowest BCUT2D eigenvalue weighted by molar-refractivity contribution is 0.319. The van der Waals surface area contributed by atoms with E-state index in [1.54, 1.807) is 7.11 Å². The molecule has 0 unspecified atom stereocenters. The highest BCUT2D eigenvalue weighted by molar-refractivity contribution is 7.99. The summed E-state index contributed by atoms with van der Waals surface area (Å²) in [6.45, 7) is 0. The van der Waals surface area contributed by atoms with Gasteiger partial charge in [0.05, 0.1) is 24.0 Å². The van der Waals surface area contributed by atoms with Crippen molar-refractivity contribution in [1.82, 2.24) is 19.7 Å². The van der Waals surface area contributed by atoms with E-state index in [0.717, 1.165) is 44.7 Å². The maximum Gasteiger partial charge on any atom is 0.196 e. The second-order valence-electron chi connectivity index (χ2n) is 8.98. The van der Waals surface area contributed by atoms with Crippen LogP contribution in [0.4, 0.5) is 0 Å². The summed E-state index contributed by atoms with van der Waals surface area (Å²) in [5.74, 6) is 1.90. The summed E-state index contributed by atoms with van der Waals surface area (Å²) >= 11 is 1.46. The van der Waals surface area contributed by atoms with Crippen LogP contribution in [0, 0.1) is 0 Å². The average molecular weight is 544 g/mol. The summed E-state index contributed by atoms with van der Waals surface area (Å²) in [4.78, 5) is 4.95. The Morgan fingerprint density at radius 1 is 0.850 bits per heavy atom. The van der Waals surface area contributed by atoms with Crippen LogP contribution < -0.4 is 4.74 Å². The van der Waals surface area contributed by atoms with E-state index in [2.05, 4.69) is 22.4 Å². The summed E-state index contributed by atoms with van der Waals surface area (Å²) in [7, 11) is 1.66. The summed E-state index contributed by atoms with van der Waals surface area (Å²) in [5.41, 5.74) is 5.92. The smallest absolute Gasteiger partial charge is 0.196 e. The van der Waals surface area contributed by atoms with Crippen LogP contribution in [0.15, 0.2) is 126 Å². The Kier molecular flexibility index (Phi) is 7.24. The lowest BCUT2D eigenvalue weighted by atomic mass is 10.0. The molecule has 6 rings (SSSR count). The minimum atomic E-state index is 0.416. The number of aromatic nitrogens is 4. The Morgan fingerprint density at radius 2 is 1.55 bits per heavy atom. The first-order valence-electron chi connectivity index (χ1n) is 12.7. The number of thioether (sulfide) groups is 1. The first-order valence-corrected chi connectivity index (χ1v) is 13.7. The molecule has 2 aromatic heterocycles. The molecule has 0 radical (unpaired) electrons. The SMILES string of the molecule is COc1ccc(-c2cc(-c3nnc(SC/C(=N\O)c4ccccc4)n3-c3ccccc3)c3ccccc3n2)cc1. The number of benzene rings is 4. The number of para-hydroxylation sites is 2. The predicted octanol–water partition coefficient (Wildman–Crippen LogP) is 7.13. The molecule has 0 fully saturated rings. The third-order valence-electron chi connectivity index (χ3n) is 6.56. The van der Waals surface area contributed by atoms with Gasteiger partial charge < -0.3 is 9.94 Å². The van der Waals surface area contributed by atoms with Crippen LogP contribution in [0.3, 0.4) is 0 Å². The first-order chi connectivity index (χ1) is 19.7. The van der Waals surface area contributed by atoms with Crippen molar-refractivity contribution in [3.8, 4) is 34.1 Å². The molecule has 0 aliphatic carbocycles. The number of hydrogen-bond donors (Lipinski definition) is 1. The van der Waals surface area contributed by atoms with E-state index in [1.807, 2.05) is 108 Å². The molecule has 0 aliphatic rings. The highest BCUT2D eigenvalue weighted by Gasteiger charge is 2.20. The minimum Gasteiger partial charge on any atom is -0.497 e. The zero-order valence-corrected chi connectivity index (χ0v) is 22.5. The molecule has 196 valence electrons. The first kappa shape index (κ1) is 25.3. The monoisotopic (exact) mass is 543 g/mol. The second-order valence-corrected chi connectivity index (χ2v) is 9.92. The van der Waals surface area contributed by atoms with Gasteiger partial charge in [-0.3, -0.25) is 4.57 Å². The number of rotatable bonds is 8. The van der Waals surface area contributed by atoms with E-state index < -0.39 is 0 Å². The van der Waals surface area contributed by atoms with Gasteiger partial charge in [0.1, 0.15) is 5.75 Å². The van der Waals surface area contributed by atoms with Crippen LogP contribution in [0.5, 0.6) is 5.75 Å². The Bertz CT molecular complexity index is 1790. The Hall–Kier alpha value is -4.95. The summed E-state index contributed by atoms with van der Waals surface area (Å²) < 4.78 is 7.39.